The fourth-order valence-electron chi connectivity index (χ4n) is 8.93. The fourth-order valence-corrected chi connectivity index (χ4v) is 12.4. The molecule has 4 heterocycles. The van der Waals surface area contributed by atoms with Gasteiger partial charge in [0.25, 0.3) is 0 Å². The summed E-state index contributed by atoms with van der Waals surface area (Å²) in [4.78, 5) is 28.3. The molecule has 0 radical (unpaired) electrons. The van der Waals surface area contributed by atoms with E-state index in [1.54, 1.807) is 59.1 Å². The number of carboxylic acids is 1. The number of aliphatic carboxylic acids is 1. The van der Waals surface area contributed by atoms with E-state index in [9.17, 15) is 31.5 Å². The van der Waals surface area contributed by atoms with Gasteiger partial charge in [0.2, 0.25) is 25.7 Å². The van der Waals surface area contributed by atoms with Crippen LogP contribution in [0.15, 0.2) is 125 Å². The summed E-state index contributed by atoms with van der Waals surface area (Å²) in [6.45, 7) is 15.8. The van der Waals surface area contributed by atoms with Crippen molar-refractivity contribution in [3.8, 4) is 22.5 Å². The smallest absolute Gasteiger partial charge is 0.325 e. The number of ether oxygens (including phenoxy) is 1. The number of carbonyl (C=O) groups excluding carboxylic acids is 1. The number of carbonyl (C=O) groups is 2. The molecule has 2 fully saturated rings. The summed E-state index contributed by atoms with van der Waals surface area (Å²) in [6.07, 6.45) is 4.18. The van der Waals surface area contributed by atoms with Crippen LogP contribution in [-0.4, -0.2) is 84.4 Å². The molecule has 344 valence electrons. The molecule has 1 N–H and O–H groups in total. The molecule has 0 unspecified atom stereocenters. The first-order chi connectivity index (χ1) is 31.8. The number of rotatable bonds is 15. The van der Waals surface area contributed by atoms with Crippen LogP contribution in [0.25, 0.3) is 27.4 Å². The lowest BCUT2D eigenvalue weighted by atomic mass is 10.0. The molecule has 0 aliphatic carbocycles. The first kappa shape index (κ1) is 47.6. The maximum Gasteiger partial charge on any atom is 0.325 e. The van der Waals surface area contributed by atoms with Gasteiger partial charge in [-0.2, -0.15) is 8.61 Å². The molecule has 2 aromatic heterocycles. The van der Waals surface area contributed by atoms with Gasteiger partial charge >= 0.3 is 11.9 Å². The topological polar surface area (TPSA) is 153 Å². The van der Waals surface area contributed by atoms with Gasteiger partial charge in [0.05, 0.1) is 28.7 Å². The summed E-state index contributed by atoms with van der Waals surface area (Å²) < 4.78 is 65.1. The Morgan fingerprint density at radius 3 is 1.62 bits per heavy atom. The summed E-state index contributed by atoms with van der Waals surface area (Å²) in [6, 6.07) is 35.3. The van der Waals surface area contributed by atoms with E-state index < -0.39 is 26.0 Å². The van der Waals surface area contributed by atoms with Crippen LogP contribution in [0.1, 0.15) is 66.2 Å². The first-order valence-corrected chi connectivity index (χ1v) is 25.1. The highest BCUT2D eigenvalue weighted by Crippen LogP contribution is 2.41. The minimum absolute atomic E-state index is 0.109. The summed E-state index contributed by atoms with van der Waals surface area (Å²) in [5, 5.41) is 9.51. The lowest BCUT2D eigenvalue weighted by Crippen LogP contribution is -2.28. The number of carboxylic acid groups (broad SMARTS) is 1. The third-order valence-electron chi connectivity index (χ3n) is 12.3. The van der Waals surface area contributed by atoms with E-state index in [4.69, 9.17) is 11.3 Å². The Kier molecular flexibility index (Phi) is 15.1. The van der Waals surface area contributed by atoms with Gasteiger partial charge in [-0.25, -0.2) is 21.7 Å². The number of sulfonamides is 2. The van der Waals surface area contributed by atoms with Crippen LogP contribution < -0.4 is 0 Å². The van der Waals surface area contributed by atoms with Crippen molar-refractivity contribution in [3.63, 3.8) is 0 Å². The minimum atomic E-state index is -3.64. The summed E-state index contributed by atoms with van der Waals surface area (Å²) >= 11 is 0. The molecular weight excluding hydrogens is 875 g/mol. The largest absolute Gasteiger partial charge is 0.480 e. The molecule has 2 aliphatic rings. The van der Waals surface area contributed by atoms with Crippen LogP contribution in [0.4, 0.5) is 5.69 Å². The monoisotopic (exact) mass is 929 g/mol. The van der Waals surface area contributed by atoms with E-state index in [2.05, 4.69) is 10.9 Å². The first-order valence-electron chi connectivity index (χ1n) is 22.2. The predicted octanol–water partition coefficient (Wildman–Crippen LogP) is 8.88. The van der Waals surface area contributed by atoms with E-state index in [1.807, 2.05) is 84.3 Å². The van der Waals surface area contributed by atoms with E-state index in [0.717, 1.165) is 59.3 Å². The van der Waals surface area contributed by atoms with Gasteiger partial charge in [-0.3, -0.25) is 9.59 Å². The van der Waals surface area contributed by atoms with Crippen molar-refractivity contribution in [1.29, 1.82) is 0 Å². The lowest BCUT2D eigenvalue weighted by Gasteiger charge is -2.18. The van der Waals surface area contributed by atoms with E-state index in [1.165, 1.54) is 4.31 Å². The van der Waals surface area contributed by atoms with E-state index >= 15 is 0 Å². The molecule has 8 rings (SSSR count). The van der Waals surface area contributed by atoms with Crippen molar-refractivity contribution in [2.24, 2.45) is 0 Å². The maximum atomic E-state index is 13.3. The zero-order valence-corrected chi connectivity index (χ0v) is 39.2. The van der Waals surface area contributed by atoms with E-state index in [0.29, 0.717) is 72.3 Å². The predicted molar refractivity (Wildman–Crippen MR) is 254 cm³/mol. The van der Waals surface area contributed by atoms with E-state index in [-0.39, 0.29) is 30.4 Å². The van der Waals surface area contributed by atoms with Crippen LogP contribution in [-0.2, 0) is 60.3 Å². The number of nitrogens with zero attached hydrogens (tertiary/aromatic N) is 5. The third kappa shape index (κ3) is 10.2. The molecule has 13 nitrogen and oxygen atoms in total. The molecule has 0 atom stereocenters. The molecule has 4 aromatic carbocycles. The normalized spacial score (nSPS) is 14.4. The minimum Gasteiger partial charge on any atom is -0.480 e. The molecule has 0 bridgehead atoms. The highest BCUT2D eigenvalue weighted by atomic mass is 32.2. The highest BCUT2D eigenvalue weighted by molar-refractivity contribution is 7.89. The Labute approximate surface area is 387 Å². The van der Waals surface area contributed by atoms with Crippen LogP contribution in [0.2, 0.25) is 0 Å². The number of hydrogen-bond acceptors (Lipinski definition) is 7. The van der Waals surface area contributed by atoms with Gasteiger partial charge in [-0.1, -0.05) is 97.1 Å². The van der Waals surface area contributed by atoms with Gasteiger partial charge in [-0.05, 0) is 104 Å². The van der Waals surface area contributed by atoms with Crippen molar-refractivity contribution >= 4 is 37.7 Å². The van der Waals surface area contributed by atoms with Crippen molar-refractivity contribution in [2.75, 3.05) is 32.8 Å². The molecule has 15 heteroatoms. The van der Waals surface area contributed by atoms with Gasteiger partial charge in [0.1, 0.15) is 13.1 Å². The van der Waals surface area contributed by atoms with Gasteiger partial charge in [-0.15, -0.1) is 0 Å². The van der Waals surface area contributed by atoms with Crippen molar-refractivity contribution in [1.82, 2.24) is 17.7 Å². The second-order valence-electron chi connectivity index (χ2n) is 16.4. The molecule has 2 aliphatic heterocycles. The standard InChI is InChI=1S/C26H30N2O4S.C25H25N3O4S/c1-3-32-26(29)19-28-20(2)23(18-24(28)21-11-5-4-6-12-21)17-22-13-7-8-14-25(22)33(30,31)27-15-9-10-16-27;1-18-21(16-20-12-6-7-13-22(20)33(31,32)27-14-8-9-15-27)24(26-2)25(28(18)17-23(29)30)19-10-4-3-5-11-19/h4-8,11-14,18H,3,9-10,15-17,19H2,1-2H3;3-7,10-13H,8-9,14-17H2,1H3,(H,29,30). The second kappa shape index (κ2) is 20.9. The van der Waals surface area contributed by atoms with Gasteiger partial charge in [0.15, 0.2) is 0 Å². The summed E-state index contributed by atoms with van der Waals surface area (Å²) in [5.41, 5.74) is 8.13. The highest BCUT2D eigenvalue weighted by Gasteiger charge is 2.32. The van der Waals surface area contributed by atoms with Crippen LogP contribution in [0.5, 0.6) is 0 Å². The van der Waals surface area contributed by atoms with Crippen molar-refractivity contribution in [3.05, 3.63) is 160 Å². The number of esters is 1. The third-order valence-corrected chi connectivity index (χ3v) is 16.3. The van der Waals surface area contributed by atoms with Crippen LogP contribution in [0.3, 0.4) is 0 Å². The Morgan fingerprint density at radius 1 is 0.636 bits per heavy atom. The zero-order chi connectivity index (χ0) is 47.0. The number of aromatic nitrogens is 2. The Balaban J connectivity index is 0.000000196. The molecule has 0 spiro atoms. The fraction of sp³-hybridized carbons (Fsp3) is 0.314. The molecular formula is C51H55N5O8S2. The molecule has 6 aromatic rings. The average molecular weight is 930 g/mol. The molecule has 2 saturated heterocycles. The van der Waals surface area contributed by atoms with Gasteiger partial charge in [0, 0.05) is 49.7 Å². The quantitative estimate of drug-likeness (QED) is 0.0792. The second-order valence-corrected chi connectivity index (χ2v) is 20.2. The lowest BCUT2D eigenvalue weighted by molar-refractivity contribution is -0.143. The Hall–Kier alpha value is -6.31. The molecule has 0 saturated carbocycles. The molecule has 66 heavy (non-hydrogen) atoms. The SMILES string of the molecule is CCOC(=O)Cn1c(-c2ccccc2)cc(Cc2ccccc2S(=O)(=O)N2CCCC2)c1C.[C-]#[N+]c1c(Cc2ccccc2S(=O)(=O)N2CCCC2)c(C)n(CC(=O)O)c1-c1ccccc1. The van der Waals surface area contributed by atoms with Crippen LogP contribution >= 0.6 is 0 Å². The molecule has 0 amide bonds. The summed E-state index contributed by atoms with van der Waals surface area (Å²) in [5.74, 6) is -1.30. The van der Waals surface area contributed by atoms with Gasteiger partial charge < -0.3 is 19.0 Å². The Bertz CT molecular complexity index is 2960. The summed E-state index contributed by atoms with van der Waals surface area (Å²) in [7, 11) is -7.17. The average Bonchev–Trinajstić information content (AvgIpc) is 4.15. The van der Waals surface area contributed by atoms with Crippen molar-refractivity contribution < 1.29 is 36.3 Å². The number of benzene rings is 4. The maximum absolute atomic E-state index is 13.3. The van der Waals surface area contributed by atoms with Crippen molar-refractivity contribution in [2.45, 2.75) is 82.2 Å². The zero-order valence-electron chi connectivity index (χ0n) is 37.5. The van der Waals surface area contributed by atoms with Crippen LogP contribution in [0, 0.1) is 20.4 Å². The Morgan fingerprint density at radius 2 is 1.12 bits per heavy atom. The number of hydrogen-bond donors (Lipinski definition) is 1.